The quantitative estimate of drug-likeness (QED) is 0.382. The average molecular weight is 527 g/mol. The number of carbonyl (C=O) groups is 4. The summed E-state index contributed by atoms with van der Waals surface area (Å²) in [6, 6.07) is 11.3. The zero-order chi connectivity index (χ0) is 26.9. The van der Waals surface area contributed by atoms with Gasteiger partial charge in [-0.1, -0.05) is 35.9 Å². The van der Waals surface area contributed by atoms with E-state index in [-0.39, 0.29) is 30.3 Å². The average Bonchev–Trinajstić information content (AvgIpc) is 3.11. The van der Waals surface area contributed by atoms with Gasteiger partial charge in [-0.2, -0.15) is 0 Å². The van der Waals surface area contributed by atoms with Crippen LogP contribution in [0.4, 0.5) is 9.59 Å². The molecule has 1 fully saturated rings. The fraction of sp³-hybridized carbons (Fsp3) is 0.308. The number of benzene rings is 2. The molecule has 0 saturated carbocycles. The highest BCUT2D eigenvalue weighted by molar-refractivity contribution is 8.18. The first kappa shape index (κ1) is 27.6. The molecule has 196 valence electrons. The second-order valence-electron chi connectivity index (χ2n) is 8.21. The third kappa shape index (κ3) is 7.50. The van der Waals surface area contributed by atoms with Crippen molar-refractivity contribution >= 4 is 40.9 Å². The molecular formula is C26H30N4O6S. The van der Waals surface area contributed by atoms with Crippen molar-refractivity contribution in [1.29, 1.82) is 0 Å². The standard InChI is InChI=1S/C26H30N4O6S/c1-4-36-20-9-8-17(13-21(20)35-3)14-22-24(32)30(26(34)37-22)11-10-28-23(31)15-19(29-25(27)33)18-7-5-6-16(2)12-18/h5-9,12-14,19H,4,10-11,15H2,1-3H3,(H,28,31)(H3,27,29,33)/b22-14-. The van der Waals surface area contributed by atoms with E-state index in [0.717, 1.165) is 27.8 Å². The second kappa shape index (κ2) is 12.8. The molecule has 0 spiro atoms. The summed E-state index contributed by atoms with van der Waals surface area (Å²) in [5.74, 6) is 0.309. The van der Waals surface area contributed by atoms with Crippen LogP contribution in [0.5, 0.6) is 11.5 Å². The molecule has 1 atom stereocenters. The van der Waals surface area contributed by atoms with Crippen LogP contribution in [0.2, 0.25) is 0 Å². The number of hydrogen-bond donors (Lipinski definition) is 3. The van der Waals surface area contributed by atoms with E-state index in [1.54, 1.807) is 30.3 Å². The Morgan fingerprint density at radius 2 is 1.95 bits per heavy atom. The lowest BCUT2D eigenvalue weighted by molar-refractivity contribution is -0.124. The highest BCUT2D eigenvalue weighted by Crippen LogP contribution is 2.34. The number of ether oxygens (including phenoxy) is 2. The summed E-state index contributed by atoms with van der Waals surface area (Å²) < 4.78 is 10.8. The topological polar surface area (TPSA) is 140 Å². The number of amides is 5. The Morgan fingerprint density at radius 3 is 2.62 bits per heavy atom. The number of methoxy groups -OCH3 is 1. The normalized spacial score (nSPS) is 15.0. The molecule has 0 bridgehead atoms. The molecule has 1 saturated heterocycles. The zero-order valence-corrected chi connectivity index (χ0v) is 21.7. The van der Waals surface area contributed by atoms with Gasteiger partial charge in [-0.3, -0.25) is 19.3 Å². The number of aryl methyl sites for hydroxylation is 1. The van der Waals surface area contributed by atoms with Gasteiger partial charge in [0.2, 0.25) is 5.91 Å². The van der Waals surface area contributed by atoms with E-state index >= 15 is 0 Å². The molecule has 0 radical (unpaired) electrons. The number of thioether (sulfide) groups is 1. The number of urea groups is 1. The third-order valence-electron chi connectivity index (χ3n) is 5.47. The summed E-state index contributed by atoms with van der Waals surface area (Å²) >= 11 is 0.832. The molecule has 2 aromatic carbocycles. The molecule has 37 heavy (non-hydrogen) atoms. The predicted octanol–water partition coefficient (Wildman–Crippen LogP) is 3.35. The number of hydrogen-bond acceptors (Lipinski definition) is 7. The molecule has 4 N–H and O–H groups in total. The molecule has 1 unspecified atom stereocenters. The first-order valence-electron chi connectivity index (χ1n) is 11.7. The van der Waals surface area contributed by atoms with Crippen molar-refractivity contribution in [2.24, 2.45) is 5.73 Å². The molecule has 1 aliphatic heterocycles. The maximum atomic E-state index is 12.8. The zero-order valence-electron chi connectivity index (χ0n) is 20.9. The van der Waals surface area contributed by atoms with E-state index < -0.39 is 23.2 Å². The van der Waals surface area contributed by atoms with E-state index in [0.29, 0.717) is 23.7 Å². The SMILES string of the molecule is CCOc1ccc(/C=C2\SC(=O)N(CCNC(=O)CC(NC(N)=O)c3cccc(C)c3)C2=O)cc1OC. The van der Waals surface area contributed by atoms with Crippen LogP contribution in [0.25, 0.3) is 6.08 Å². The van der Waals surface area contributed by atoms with Crippen molar-refractivity contribution in [3.8, 4) is 11.5 Å². The van der Waals surface area contributed by atoms with Crippen LogP contribution in [0.1, 0.15) is 36.1 Å². The number of primary amides is 1. The molecule has 1 aliphatic rings. The summed E-state index contributed by atoms with van der Waals surface area (Å²) in [5.41, 5.74) is 7.69. The smallest absolute Gasteiger partial charge is 0.312 e. The van der Waals surface area contributed by atoms with Crippen LogP contribution in [-0.2, 0) is 9.59 Å². The predicted molar refractivity (Wildman–Crippen MR) is 141 cm³/mol. The molecule has 11 heteroatoms. The molecular weight excluding hydrogens is 496 g/mol. The van der Waals surface area contributed by atoms with E-state index in [2.05, 4.69) is 10.6 Å². The highest BCUT2D eigenvalue weighted by atomic mass is 32.2. The second-order valence-corrected chi connectivity index (χ2v) is 9.20. The van der Waals surface area contributed by atoms with Gasteiger partial charge in [0.05, 0.1) is 31.1 Å². The minimum atomic E-state index is -0.742. The number of carbonyl (C=O) groups excluding carboxylic acids is 4. The summed E-state index contributed by atoms with van der Waals surface area (Å²) in [7, 11) is 1.52. The maximum Gasteiger partial charge on any atom is 0.312 e. The summed E-state index contributed by atoms with van der Waals surface area (Å²) in [4.78, 5) is 50.6. The minimum Gasteiger partial charge on any atom is -0.493 e. The van der Waals surface area contributed by atoms with Gasteiger partial charge in [0.15, 0.2) is 11.5 Å². The molecule has 10 nitrogen and oxygen atoms in total. The van der Waals surface area contributed by atoms with Gasteiger partial charge in [-0.25, -0.2) is 4.79 Å². The molecule has 0 aliphatic carbocycles. The van der Waals surface area contributed by atoms with Gasteiger partial charge < -0.3 is 25.8 Å². The van der Waals surface area contributed by atoms with Crippen molar-refractivity contribution in [2.45, 2.75) is 26.3 Å². The van der Waals surface area contributed by atoms with Crippen molar-refractivity contribution in [3.63, 3.8) is 0 Å². The van der Waals surface area contributed by atoms with Gasteiger partial charge in [0.1, 0.15) is 0 Å². The van der Waals surface area contributed by atoms with Crippen LogP contribution in [0, 0.1) is 6.92 Å². The van der Waals surface area contributed by atoms with Gasteiger partial charge >= 0.3 is 6.03 Å². The third-order valence-corrected chi connectivity index (χ3v) is 6.37. The van der Waals surface area contributed by atoms with E-state index in [9.17, 15) is 19.2 Å². The Balaban J connectivity index is 1.59. The van der Waals surface area contributed by atoms with Crippen molar-refractivity contribution in [1.82, 2.24) is 15.5 Å². The van der Waals surface area contributed by atoms with Crippen molar-refractivity contribution < 1.29 is 28.7 Å². The fourth-order valence-corrected chi connectivity index (χ4v) is 4.63. The molecule has 2 aromatic rings. The molecule has 1 heterocycles. The molecule has 5 amide bonds. The maximum absolute atomic E-state index is 12.8. The molecule has 3 rings (SSSR count). The Hall–Kier alpha value is -3.99. The monoisotopic (exact) mass is 526 g/mol. The van der Waals surface area contributed by atoms with Crippen LogP contribution < -0.4 is 25.8 Å². The van der Waals surface area contributed by atoms with Crippen LogP contribution in [0.3, 0.4) is 0 Å². The lowest BCUT2D eigenvalue weighted by atomic mass is 10.0. The van der Waals surface area contributed by atoms with Gasteiger partial charge in [-0.15, -0.1) is 0 Å². The lowest BCUT2D eigenvalue weighted by Crippen LogP contribution is -2.40. The lowest BCUT2D eigenvalue weighted by Gasteiger charge is -2.19. The van der Waals surface area contributed by atoms with Crippen LogP contribution in [0.15, 0.2) is 47.4 Å². The van der Waals surface area contributed by atoms with Gasteiger partial charge in [0.25, 0.3) is 11.1 Å². The first-order chi connectivity index (χ1) is 17.7. The number of nitrogens with two attached hydrogens (primary N) is 1. The summed E-state index contributed by atoms with van der Waals surface area (Å²) in [6.45, 7) is 4.34. The fourth-order valence-electron chi connectivity index (χ4n) is 3.77. The number of nitrogens with zero attached hydrogens (tertiary/aromatic N) is 1. The highest BCUT2D eigenvalue weighted by Gasteiger charge is 2.34. The minimum absolute atomic E-state index is 0.0126. The number of rotatable bonds is 11. The Morgan fingerprint density at radius 1 is 1.16 bits per heavy atom. The summed E-state index contributed by atoms with van der Waals surface area (Å²) in [5, 5.41) is 4.86. The van der Waals surface area contributed by atoms with E-state index in [4.69, 9.17) is 15.2 Å². The summed E-state index contributed by atoms with van der Waals surface area (Å²) in [6.07, 6.45) is 1.57. The Labute approximate surface area is 219 Å². The number of nitrogens with one attached hydrogen (secondary N) is 2. The van der Waals surface area contributed by atoms with Crippen LogP contribution in [-0.4, -0.2) is 54.8 Å². The Bertz CT molecular complexity index is 1220. The van der Waals surface area contributed by atoms with Gasteiger partial charge in [0, 0.05) is 13.1 Å². The number of imide groups is 1. The van der Waals surface area contributed by atoms with E-state index in [1.807, 2.05) is 32.0 Å². The van der Waals surface area contributed by atoms with Gasteiger partial charge in [-0.05, 0) is 54.9 Å². The van der Waals surface area contributed by atoms with Crippen molar-refractivity contribution in [2.75, 3.05) is 26.8 Å². The first-order valence-corrected chi connectivity index (χ1v) is 12.5. The largest absolute Gasteiger partial charge is 0.493 e. The Kier molecular flexibility index (Phi) is 9.56. The van der Waals surface area contributed by atoms with Crippen molar-refractivity contribution in [3.05, 3.63) is 64.1 Å². The molecule has 0 aromatic heterocycles. The van der Waals surface area contributed by atoms with E-state index in [1.165, 1.54) is 7.11 Å². The van der Waals surface area contributed by atoms with Crippen LogP contribution >= 0.6 is 11.8 Å².